The molecule has 6 heteroatoms. The van der Waals surface area contributed by atoms with Crippen molar-refractivity contribution in [3.05, 3.63) is 35.9 Å². The van der Waals surface area contributed by atoms with Gasteiger partial charge in [0.25, 0.3) is 0 Å². The van der Waals surface area contributed by atoms with Crippen LogP contribution in [0.2, 0.25) is 0 Å². The lowest BCUT2D eigenvalue weighted by atomic mass is 10.0. The Hall–Kier alpha value is -2.08. The van der Waals surface area contributed by atoms with E-state index in [1.807, 2.05) is 44.2 Å². The SMILES string of the molecule is CCCCCCCCCCOC(=O)[C@H](CC(C)C)N(C)C(=O)OCCOCc1ccccc1. The molecule has 1 atom stereocenters. The largest absolute Gasteiger partial charge is 0.464 e. The second-order valence-corrected chi connectivity index (χ2v) is 9.05. The number of ether oxygens (including phenoxy) is 3. The van der Waals surface area contributed by atoms with Crippen LogP contribution in [0.3, 0.4) is 0 Å². The second-order valence-electron chi connectivity index (χ2n) is 9.05. The third kappa shape index (κ3) is 13.9. The van der Waals surface area contributed by atoms with Gasteiger partial charge in [0.05, 0.1) is 19.8 Å². The van der Waals surface area contributed by atoms with Crippen molar-refractivity contribution in [2.45, 2.75) is 91.2 Å². The summed E-state index contributed by atoms with van der Waals surface area (Å²) in [5, 5.41) is 0. The lowest BCUT2D eigenvalue weighted by Crippen LogP contribution is -2.44. The number of benzene rings is 1. The van der Waals surface area contributed by atoms with Crippen molar-refractivity contribution in [1.82, 2.24) is 4.90 Å². The molecule has 1 amide bonds. The van der Waals surface area contributed by atoms with Gasteiger partial charge in [-0.3, -0.25) is 4.90 Å². The molecule has 0 aliphatic heterocycles. The van der Waals surface area contributed by atoms with Gasteiger partial charge in [0.1, 0.15) is 12.6 Å². The Balaban J connectivity index is 2.30. The molecule has 0 saturated carbocycles. The van der Waals surface area contributed by atoms with Gasteiger partial charge in [0, 0.05) is 7.05 Å². The second kappa shape index (κ2) is 18.4. The minimum atomic E-state index is -0.642. The molecule has 0 aromatic heterocycles. The lowest BCUT2D eigenvalue weighted by molar-refractivity contribution is -0.149. The third-order valence-electron chi connectivity index (χ3n) is 5.53. The Morgan fingerprint density at radius 1 is 0.848 bits per heavy atom. The molecule has 0 aliphatic rings. The molecule has 0 fully saturated rings. The molecule has 33 heavy (non-hydrogen) atoms. The van der Waals surface area contributed by atoms with Crippen molar-refractivity contribution in [2.75, 3.05) is 26.9 Å². The summed E-state index contributed by atoms with van der Waals surface area (Å²) in [6, 6.07) is 9.18. The number of hydrogen-bond acceptors (Lipinski definition) is 5. The smallest absolute Gasteiger partial charge is 0.410 e. The molecular formula is C27H45NO5. The van der Waals surface area contributed by atoms with E-state index in [0.717, 1.165) is 18.4 Å². The van der Waals surface area contributed by atoms with Gasteiger partial charge >= 0.3 is 12.1 Å². The first-order chi connectivity index (χ1) is 16.0. The van der Waals surface area contributed by atoms with Crippen LogP contribution in [-0.2, 0) is 25.6 Å². The summed E-state index contributed by atoms with van der Waals surface area (Å²) in [6.45, 7) is 7.57. The number of hydrogen-bond donors (Lipinski definition) is 0. The summed E-state index contributed by atoms with van der Waals surface area (Å²) in [4.78, 5) is 26.5. The van der Waals surface area contributed by atoms with Crippen LogP contribution < -0.4 is 0 Å². The van der Waals surface area contributed by atoms with Crippen molar-refractivity contribution < 1.29 is 23.8 Å². The van der Waals surface area contributed by atoms with Gasteiger partial charge in [-0.05, 0) is 24.3 Å². The van der Waals surface area contributed by atoms with Crippen LogP contribution in [0.4, 0.5) is 4.79 Å². The molecule has 0 spiro atoms. The maximum atomic E-state index is 12.7. The van der Waals surface area contributed by atoms with Crippen LogP contribution in [0.1, 0.15) is 84.1 Å². The number of likely N-dealkylation sites (N-methyl/N-ethyl adjacent to an activating group) is 1. The van der Waals surface area contributed by atoms with Crippen molar-refractivity contribution >= 4 is 12.1 Å². The summed E-state index contributed by atoms with van der Waals surface area (Å²) >= 11 is 0. The Kier molecular flexibility index (Phi) is 16.1. The number of carbonyl (C=O) groups is 2. The number of carbonyl (C=O) groups excluding carboxylic acids is 2. The number of esters is 1. The Bertz CT molecular complexity index is 635. The molecule has 0 unspecified atom stereocenters. The molecule has 1 rings (SSSR count). The molecule has 0 radical (unpaired) electrons. The topological polar surface area (TPSA) is 65.1 Å². The van der Waals surface area contributed by atoms with E-state index in [9.17, 15) is 9.59 Å². The zero-order valence-electron chi connectivity index (χ0n) is 21.2. The quantitative estimate of drug-likeness (QED) is 0.187. The highest BCUT2D eigenvalue weighted by molar-refractivity contribution is 5.81. The van der Waals surface area contributed by atoms with E-state index in [2.05, 4.69) is 6.92 Å². The zero-order chi connectivity index (χ0) is 24.3. The van der Waals surface area contributed by atoms with Gasteiger partial charge < -0.3 is 14.2 Å². The van der Waals surface area contributed by atoms with Gasteiger partial charge in [-0.15, -0.1) is 0 Å². The minimum Gasteiger partial charge on any atom is -0.464 e. The highest BCUT2D eigenvalue weighted by Gasteiger charge is 2.30. The highest BCUT2D eigenvalue weighted by Crippen LogP contribution is 2.14. The fraction of sp³-hybridized carbons (Fsp3) is 0.704. The van der Waals surface area contributed by atoms with Crippen molar-refractivity contribution in [1.29, 1.82) is 0 Å². The van der Waals surface area contributed by atoms with Gasteiger partial charge in [-0.2, -0.15) is 0 Å². The van der Waals surface area contributed by atoms with E-state index in [0.29, 0.717) is 26.2 Å². The zero-order valence-corrected chi connectivity index (χ0v) is 21.2. The third-order valence-corrected chi connectivity index (χ3v) is 5.53. The Labute approximate surface area is 201 Å². The molecule has 0 aliphatic carbocycles. The number of unbranched alkanes of at least 4 members (excludes halogenated alkanes) is 7. The molecule has 0 N–H and O–H groups in total. The van der Waals surface area contributed by atoms with E-state index in [1.54, 1.807) is 7.05 Å². The number of rotatable bonds is 18. The maximum absolute atomic E-state index is 12.7. The normalized spacial score (nSPS) is 11.9. The Morgan fingerprint density at radius 2 is 1.48 bits per heavy atom. The summed E-state index contributed by atoms with van der Waals surface area (Å²) in [6.07, 6.45) is 9.51. The predicted molar refractivity (Wildman–Crippen MR) is 132 cm³/mol. The number of amides is 1. The van der Waals surface area contributed by atoms with Crippen molar-refractivity contribution in [2.24, 2.45) is 5.92 Å². The van der Waals surface area contributed by atoms with Gasteiger partial charge in [-0.25, -0.2) is 9.59 Å². The lowest BCUT2D eigenvalue weighted by Gasteiger charge is -2.27. The molecule has 1 aromatic rings. The molecule has 0 saturated heterocycles. The summed E-state index contributed by atoms with van der Waals surface area (Å²) in [7, 11) is 1.60. The van der Waals surface area contributed by atoms with Crippen LogP contribution in [0.5, 0.6) is 0 Å². The van der Waals surface area contributed by atoms with E-state index in [1.165, 1.54) is 43.4 Å². The Morgan fingerprint density at radius 3 is 2.12 bits per heavy atom. The number of nitrogens with zero attached hydrogens (tertiary/aromatic N) is 1. The van der Waals surface area contributed by atoms with Gasteiger partial charge in [0.15, 0.2) is 0 Å². The fourth-order valence-electron chi connectivity index (χ4n) is 3.55. The van der Waals surface area contributed by atoms with E-state index in [4.69, 9.17) is 14.2 Å². The van der Waals surface area contributed by atoms with Crippen LogP contribution in [0.25, 0.3) is 0 Å². The van der Waals surface area contributed by atoms with E-state index in [-0.39, 0.29) is 18.5 Å². The molecule has 0 heterocycles. The summed E-state index contributed by atoms with van der Waals surface area (Å²) in [5.74, 6) is -0.110. The highest BCUT2D eigenvalue weighted by atomic mass is 16.6. The van der Waals surface area contributed by atoms with E-state index >= 15 is 0 Å². The fourth-order valence-corrected chi connectivity index (χ4v) is 3.55. The first kappa shape index (κ1) is 29.0. The molecule has 188 valence electrons. The monoisotopic (exact) mass is 463 g/mol. The minimum absolute atomic E-state index is 0.137. The average Bonchev–Trinajstić information content (AvgIpc) is 2.81. The summed E-state index contributed by atoms with van der Waals surface area (Å²) < 4.78 is 16.4. The molecule has 1 aromatic carbocycles. The predicted octanol–water partition coefficient (Wildman–Crippen LogP) is 6.37. The van der Waals surface area contributed by atoms with E-state index < -0.39 is 12.1 Å². The average molecular weight is 464 g/mol. The first-order valence-electron chi connectivity index (χ1n) is 12.6. The maximum Gasteiger partial charge on any atom is 0.410 e. The van der Waals surface area contributed by atoms with Gasteiger partial charge in [-0.1, -0.05) is 96.0 Å². The van der Waals surface area contributed by atoms with Crippen molar-refractivity contribution in [3.8, 4) is 0 Å². The first-order valence-corrected chi connectivity index (χ1v) is 12.6. The molecule has 6 nitrogen and oxygen atoms in total. The standard InChI is InChI=1S/C27H45NO5/c1-5-6-7-8-9-10-11-15-18-32-26(29)25(21-23(2)3)28(4)27(30)33-20-19-31-22-24-16-13-12-14-17-24/h12-14,16-17,23,25H,5-11,15,18-22H2,1-4H3/t25-/m0/s1. The van der Waals surface area contributed by atoms with Crippen LogP contribution >= 0.6 is 0 Å². The molecular weight excluding hydrogens is 418 g/mol. The van der Waals surface area contributed by atoms with Crippen molar-refractivity contribution in [3.63, 3.8) is 0 Å². The van der Waals surface area contributed by atoms with Crippen LogP contribution in [-0.4, -0.2) is 49.9 Å². The van der Waals surface area contributed by atoms with Gasteiger partial charge in [0.2, 0.25) is 0 Å². The molecule has 0 bridgehead atoms. The van der Waals surface area contributed by atoms with Crippen LogP contribution in [0, 0.1) is 5.92 Å². The van der Waals surface area contributed by atoms with Crippen LogP contribution in [0.15, 0.2) is 30.3 Å². The summed E-state index contributed by atoms with van der Waals surface area (Å²) in [5.41, 5.74) is 1.07.